The molecule has 6 heteroatoms. The van der Waals surface area contributed by atoms with Crippen molar-refractivity contribution >= 4 is 12.0 Å². The average molecular weight is 282 g/mol. The van der Waals surface area contributed by atoms with E-state index in [1.54, 1.807) is 20.9 Å². The highest BCUT2D eigenvalue weighted by molar-refractivity contribution is 5.74. The van der Waals surface area contributed by atoms with Crippen molar-refractivity contribution in [2.75, 3.05) is 7.05 Å². The molecule has 1 heterocycles. The molecule has 20 heavy (non-hydrogen) atoms. The molecule has 0 saturated carbocycles. The predicted molar refractivity (Wildman–Crippen MR) is 74.4 cm³/mol. The number of hydrogen-bond donors (Lipinski definition) is 2. The molecule has 0 spiro atoms. The summed E-state index contributed by atoms with van der Waals surface area (Å²) in [4.78, 5) is 24.1. The van der Waals surface area contributed by atoms with Gasteiger partial charge in [0.25, 0.3) is 0 Å². The zero-order valence-corrected chi connectivity index (χ0v) is 12.4. The monoisotopic (exact) mass is 282 g/mol. The van der Waals surface area contributed by atoms with Gasteiger partial charge in [-0.2, -0.15) is 0 Å². The molecule has 0 unspecified atom stereocenters. The Morgan fingerprint density at radius 2 is 2.05 bits per heavy atom. The third-order valence-electron chi connectivity index (χ3n) is 2.94. The minimum atomic E-state index is -0.869. The Bertz CT molecular complexity index is 479. The normalized spacial score (nSPS) is 11.2. The fraction of sp³-hybridized carbons (Fsp3) is 0.571. The SMILES string of the molecule is Cc1ccc(CN(C)C(=O)NC(C)(C)CCC(=O)O)o1. The molecule has 0 bridgehead atoms. The fourth-order valence-electron chi connectivity index (χ4n) is 1.74. The molecule has 0 aliphatic carbocycles. The lowest BCUT2D eigenvalue weighted by molar-refractivity contribution is -0.137. The molecule has 112 valence electrons. The second-order valence-electron chi connectivity index (χ2n) is 5.58. The molecule has 6 nitrogen and oxygen atoms in total. The topological polar surface area (TPSA) is 82.8 Å². The average Bonchev–Trinajstić information content (AvgIpc) is 2.71. The molecule has 1 aromatic rings. The Hall–Kier alpha value is -1.98. The molecule has 1 rings (SSSR count). The maximum absolute atomic E-state index is 12.0. The molecule has 0 saturated heterocycles. The van der Waals surface area contributed by atoms with Gasteiger partial charge < -0.3 is 19.7 Å². The van der Waals surface area contributed by atoms with Gasteiger partial charge in [0.1, 0.15) is 11.5 Å². The lowest BCUT2D eigenvalue weighted by Gasteiger charge is -2.28. The first kappa shape index (κ1) is 16.1. The summed E-state index contributed by atoms with van der Waals surface area (Å²) in [6.07, 6.45) is 0.399. The third-order valence-corrected chi connectivity index (χ3v) is 2.94. The van der Waals surface area contributed by atoms with Crippen LogP contribution in [0.15, 0.2) is 16.5 Å². The molecule has 0 aliphatic heterocycles. The standard InChI is InChI=1S/C14H22N2O4/c1-10-5-6-11(20-10)9-16(4)13(19)15-14(2,3)8-7-12(17)18/h5-6H,7-9H2,1-4H3,(H,15,19)(H,17,18). The maximum atomic E-state index is 12.0. The second-order valence-corrected chi connectivity index (χ2v) is 5.58. The summed E-state index contributed by atoms with van der Waals surface area (Å²) < 4.78 is 5.41. The number of aliphatic carboxylic acids is 1. The van der Waals surface area contributed by atoms with Crippen molar-refractivity contribution in [3.05, 3.63) is 23.7 Å². The van der Waals surface area contributed by atoms with Crippen LogP contribution in [0.4, 0.5) is 4.79 Å². The van der Waals surface area contributed by atoms with E-state index in [9.17, 15) is 9.59 Å². The number of amides is 2. The van der Waals surface area contributed by atoms with E-state index in [4.69, 9.17) is 9.52 Å². The van der Waals surface area contributed by atoms with Crippen molar-refractivity contribution in [1.29, 1.82) is 0 Å². The Balaban J connectivity index is 2.50. The summed E-state index contributed by atoms with van der Waals surface area (Å²) in [7, 11) is 1.67. The summed E-state index contributed by atoms with van der Waals surface area (Å²) in [5.74, 6) is 0.644. The fourth-order valence-corrected chi connectivity index (χ4v) is 1.74. The van der Waals surface area contributed by atoms with Gasteiger partial charge in [-0.25, -0.2) is 4.79 Å². The van der Waals surface area contributed by atoms with Gasteiger partial charge >= 0.3 is 12.0 Å². The lowest BCUT2D eigenvalue weighted by atomic mass is 9.99. The number of carboxylic acid groups (broad SMARTS) is 1. The first-order valence-electron chi connectivity index (χ1n) is 6.50. The summed E-state index contributed by atoms with van der Waals surface area (Å²) in [5, 5.41) is 11.5. The predicted octanol–water partition coefficient (Wildman–Crippen LogP) is 2.37. The number of nitrogens with zero attached hydrogens (tertiary/aromatic N) is 1. The number of carboxylic acids is 1. The van der Waals surface area contributed by atoms with E-state index in [0.717, 1.165) is 5.76 Å². The largest absolute Gasteiger partial charge is 0.481 e. The molecule has 0 radical (unpaired) electrons. The highest BCUT2D eigenvalue weighted by atomic mass is 16.4. The van der Waals surface area contributed by atoms with E-state index >= 15 is 0 Å². The van der Waals surface area contributed by atoms with Crippen molar-refractivity contribution in [2.24, 2.45) is 0 Å². The summed E-state index contributed by atoms with van der Waals surface area (Å²) in [5.41, 5.74) is -0.567. The minimum absolute atomic E-state index is 0.0222. The summed E-state index contributed by atoms with van der Waals surface area (Å²) >= 11 is 0. The highest BCUT2D eigenvalue weighted by Gasteiger charge is 2.23. The number of aryl methyl sites for hydroxylation is 1. The number of carbonyl (C=O) groups excluding carboxylic acids is 1. The number of rotatable bonds is 6. The van der Waals surface area contributed by atoms with Gasteiger partial charge in [-0.15, -0.1) is 0 Å². The van der Waals surface area contributed by atoms with Crippen LogP contribution >= 0.6 is 0 Å². The van der Waals surface area contributed by atoms with Crippen molar-refractivity contribution < 1.29 is 19.1 Å². The van der Waals surface area contributed by atoms with E-state index < -0.39 is 11.5 Å². The van der Waals surface area contributed by atoms with Crippen LogP contribution in [0.2, 0.25) is 0 Å². The number of furan rings is 1. The van der Waals surface area contributed by atoms with Gasteiger partial charge in [0, 0.05) is 19.0 Å². The molecular weight excluding hydrogens is 260 g/mol. The zero-order chi connectivity index (χ0) is 15.3. The minimum Gasteiger partial charge on any atom is -0.481 e. The van der Waals surface area contributed by atoms with Gasteiger partial charge in [-0.1, -0.05) is 0 Å². The van der Waals surface area contributed by atoms with Crippen LogP contribution in [0.5, 0.6) is 0 Å². The molecule has 0 fully saturated rings. The summed E-state index contributed by atoms with van der Waals surface area (Å²) in [6.45, 7) is 5.82. The van der Waals surface area contributed by atoms with E-state index in [0.29, 0.717) is 18.7 Å². The first-order valence-corrected chi connectivity index (χ1v) is 6.50. The highest BCUT2D eigenvalue weighted by Crippen LogP contribution is 2.13. The molecule has 2 N–H and O–H groups in total. The second kappa shape index (κ2) is 6.45. The van der Waals surface area contributed by atoms with Crippen LogP contribution in [-0.2, 0) is 11.3 Å². The lowest BCUT2D eigenvalue weighted by Crippen LogP contribution is -2.48. The number of carbonyl (C=O) groups is 2. The van der Waals surface area contributed by atoms with Crippen molar-refractivity contribution in [1.82, 2.24) is 10.2 Å². The van der Waals surface area contributed by atoms with Crippen LogP contribution in [0.1, 0.15) is 38.2 Å². The van der Waals surface area contributed by atoms with Gasteiger partial charge in [0.05, 0.1) is 6.54 Å². The van der Waals surface area contributed by atoms with E-state index in [2.05, 4.69) is 5.32 Å². The Labute approximate surface area is 118 Å². The number of urea groups is 1. The Morgan fingerprint density at radius 1 is 1.40 bits per heavy atom. The molecule has 0 aromatic carbocycles. The van der Waals surface area contributed by atoms with Crippen LogP contribution in [-0.4, -0.2) is 34.6 Å². The Kier molecular flexibility index (Phi) is 5.19. The third kappa shape index (κ3) is 5.34. The Morgan fingerprint density at radius 3 is 2.55 bits per heavy atom. The van der Waals surface area contributed by atoms with E-state index in [1.807, 2.05) is 19.1 Å². The van der Waals surface area contributed by atoms with Crippen LogP contribution in [0.25, 0.3) is 0 Å². The van der Waals surface area contributed by atoms with Crippen LogP contribution < -0.4 is 5.32 Å². The summed E-state index contributed by atoms with van der Waals surface area (Å²) in [6, 6.07) is 3.42. The zero-order valence-electron chi connectivity index (χ0n) is 12.4. The van der Waals surface area contributed by atoms with Gasteiger partial charge in [-0.05, 0) is 39.3 Å². The van der Waals surface area contributed by atoms with E-state index in [-0.39, 0.29) is 12.5 Å². The molecule has 0 aliphatic rings. The quantitative estimate of drug-likeness (QED) is 0.839. The van der Waals surface area contributed by atoms with Crippen molar-refractivity contribution in [3.8, 4) is 0 Å². The van der Waals surface area contributed by atoms with Gasteiger partial charge in [-0.3, -0.25) is 4.79 Å². The molecule has 2 amide bonds. The first-order chi connectivity index (χ1) is 9.19. The van der Waals surface area contributed by atoms with Crippen molar-refractivity contribution in [2.45, 2.75) is 45.7 Å². The van der Waals surface area contributed by atoms with Crippen LogP contribution in [0, 0.1) is 6.92 Å². The van der Waals surface area contributed by atoms with E-state index in [1.165, 1.54) is 4.90 Å². The van der Waals surface area contributed by atoms with Crippen molar-refractivity contribution in [3.63, 3.8) is 0 Å². The number of hydrogen-bond acceptors (Lipinski definition) is 3. The molecular formula is C14H22N2O4. The molecule has 0 atom stereocenters. The van der Waals surface area contributed by atoms with Crippen LogP contribution in [0.3, 0.4) is 0 Å². The maximum Gasteiger partial charge on any atom is 0.317 e. The smallest absolute Gasteiger partial charge is 0.317 e. The number of nitrogens with one attached hydrogen (secondary N) is 1. The van der Waals surface area contributed by atoms with Gasteiger partial charge in [0.15, 0.2) is 0 Å². The molecule has 1 aromatic heterocycles. The van der Waals surface area contributed by atoms with Gasteiger partial charge in [0.2, 0.25) is 0 Å².